The zero-order chi connectivity index (χ0) is 17.3. The normalized spacial score (nSPS) is 21.1. The molecule has 6 heteroatoms. The summed E-state index contributed by atoms with van der Waals surface area (Å²) in [6, 6.07) is 12.9. The van der Waals surface area contributed by atoms with Gasteiger partial charge in [0.2, 0.25) is 0 Å². The second-order valence-corrected chi connectivity index (χ2v) is 5.85. The molecular formula is C18H16F3NO2. The van der Waals surface area contributed by atoms with Gasteiger partial charge in [-0.25, -0.2) is 0 Å². The molecule has 1 heterocycles. The number of benzene rings is 2. The first kappa shape index (κ1) is 16.5. The number of β-amino-alcohol motifs (C(OH)–C–C–N with tert-alkyl or cyclic N) is 1. The van der Waals surface area contributed by atoms with Gasteiger partial charge in [0, 0.05) is 12.1 Å². The molecule has 0 bridgehead atoms. The van der Waals surface area contributed by atoms with Crippen molar-refractivity contribution in [3.8, 4) is 0 Å². The molecule has 0 aromatic heterocycles. The van der Waals surface area contributed by atoms with E-state index in [0.29, 0.717) is 11.1 Å². The molecule has 0 spiro atoms. The Labute approximate surface area is 137 Å². The van der Waals surface area contributed by atoms with Crippen LogP contribution in [-0.4, -0.2) is 28.6 Å². The first-order chi connectivity index (χ1) is 11.4. The maximum Gasteiger partial charge on any atom is 0.416 e. The average molecular weight is 335 g/mol. The van der Waals surface area contributed by atoms with Crippen LogP contribution in [0.5, 0.6) is 0 Å². The van der Waals surface area contributed by atoms with Crippen molar-refractivity contribution in [2.24, 2.45) is 0 Å². The van der Waals surface area contributed by atoms with Crippen LogP contribution in [0.15, 0.2) is 54.6 Å². The minimum absolute atomic E-state index is 0.106. The third-order valence-electron chi connectivity index (χ3n) is 4.16. The molecule has 1 saturated heterocycles. The molecule has 1 N–H and O–H groups in total. The quantitative estimate of drug-likeness (QED) is 0.910. The molecule has 126 valence electrons. The number of likely N-dealkylation sites (tertiary alicyclic amines) is 1. The lowest BCUT2D eigenvalue weighted by Crippen LogP contribution is -2.31. The molecule has 2 aromatic rings. The van der Waals surface area contributed by atoms with E-state index < -0.39 is 23.9 Å². The Morgan fingerprint density at radius 2 is 1.79 bits per heavy atom. The van der Waals surface area contributed by atoms with Gasteiger partial charge in [0.05, 0.1) is 17.7 Å². The molecule has 0 radical (unpaired) electrons. The number of hydrogen-bond donors (Lipinski definition) is 1. The fourth-order valence-electron chi connectivity index (χ4n) is 3.02. The van der Waals surface area contributed by atoms with Crippen molar-refractivity contribution in [2.45, 2.75) is 24.7 Å². The Kier molecular flexibility index (Phi) is 4.32. The monoisotopic (exact) mass is 335 g/mol. The fourth-order valence-corrected chi connectivity index (χ4v) is 3.02. The molecule has 1 fully saturated rings. The molecule has 0 aliphatic carbocycles. The van der Waals surface area contributed by atoms with Crippen molar-refractivity contribution in [1.82, 2.24) is 4.90 Å². The first-order valence-corrected chi connectivity index (χ1v) is 7.57. The number of rotatable bonds is 2. The first-order valence-electron chi connectivity index (χ1n) is 7.57. The van der Waals surface area contributed by atoms with Crippen LogP contribution in [0.1, 0.15) is 33.9 Å². The molecule has 0 saturated carbocycles. The largest absolute Gasteiger partial charge is 0.416 e. The molecule has 1 aliphatic heterocycles. The summed E-state index contributed by atoms with van der Waals surface area (Å²) in [5.41, 5.74) is 0.0720. The van der Waals surface area contributed by atoms with Crippen molar-refractivity contribution in [2.75, 3.05) is 6.54 Å². The molecule has 3 rings (SSSR count). The van der Waals surface area contributed by atoms with E-state index in [1.54, 1.807) is 36.4 Å². The van der Waals surface area contributed by atoms with E-state index in [2.05, 4.69) is 0 Å². The summed E-state index contributed by atoms with van der Waals surface area (Å²) in [6.45, 7) is 0.106. The molecule has 1 amide bonds. The van der Waals surface area contributed by atoms with Gasteiger partial charge in [-0.15, -0.1) is 0 Å². The highest BCUT2D eigenvalue weighted by molar-refractivity contribution is 5.94. The van der Waals surface area contributed by atoms with Crippen molar-refractivity contribution >= 4 is 5.91 Å². The SMILES string of the molecule is O=C(c1ccccc1)N1CC(O)CC1c1cccc(C(F)(F)F)c1. The Morgan fingerprint density at radius 1 is 1.08 bits per heavy atom. The highest BCUT2D eigenvalue weighted by Crippen LogP contribution is 2.36. The zero-order valence-corrected chi connectivity index (χ0v) is 12.7. The molecule has 2 atom stereocenters. The number of amides is 1. The van der Waals surface area contributed by atoms with Gasteiger partial charge in [-0.05, 0) is 36.2 Å². The number of halogens is 3. The van der Waals surface area contributed by atoms with Gasteiger partial charge < -0.3 is 10.0 Å². The number of alkyl halides is 3. The predicted octanol–water partition coefficient (Wildman–Crippen LogP) is 3.65. The van der Waals surface area contributed by atoms with Crippen LogP contribution in [0.3, 0.4) is 0 Å². The molecule has 2 unspecified atom stereocenters. The van der Waals surface area contributed by atoms with Gasteiger partial charge in [-0.2, -0.15) is 13.2 Å². The molecule has 1 aliphatic rings. The van der Waals surface area contributed by atoms with Crippen molar-refractivity contribution in [3.63, 3.8) is 0 Å². The summed E-state index contributed by atoms with van der Waals surface area (Å²) < 4.78 is 38.8. The maximum atomic E-state index is 12.9. The van der Waals surface area contributed by atoms with Crippen LogP contribution in [0, 0.1) is 0 Å². The van der Waals surface area contributed by atoms with E-state index in [0.717, 1.165) is 12.1 Å². The van der Waals surface area contributed by atoms with E-state index in [9.17, 15) is 23.1 Å². The van der Waals surface area contributed by atoms with Crippen LogP contribution in [0.4, 0.5) is 13.2 Å². The number of nitrogens with zero attached hydrogens (tertiary/aromatic N) is 1. The van der Waals surface area contributed by atoms with Gasteiger partial charge in [-0.1, -0.05) is 30.3 Å². The number of carbonyl (C=O) groups excluding carboxylic acids is 1. The highest BCUT2D eigenvalue weighted by atomic mass is 19.4. The third-order valence-corrected chi connectivity index (χ3v) is 4.16. The lowest BCUT2D eigenvalue weighted by molar-refractivity contribution is -0.137. The summed E-state index contributed by atoms with van der Waals surface area (Å²) in [5, 5.41) is 9.94. The summed E-state index contributed by atoms with van der Waals surface area (Å²) in [6.07, 6.45) is -4.97. The Balaban J connectivity index is 1.93. The molecular weight excluding hydrogens is 319 g/mol. The van der Waals surface area contributed by atoms with Crippen LogP contribution in [0.2, 0.25) is 0 Å². The van der Waals surface area contributed by atoms with Gasteiger partial charge in [0.25, 0.3) is 5.91 Å². The van der Waals surface area contributed by atoms with Crippen molar-refractivity contribution < 1.29 is 23.1 Å². The minimum Gasteiger partial charge on any atom is -0.391 e. The zero-order valence-electron chi connectivity index (χ0n) is 12.7. The van der Waals surface area contributed by atoms with Crippen LogP contribution in [0.25, 0.3) is 0 Å². The van der Waals surface area contributed by atoms with E-state index in [4.69, 9.17) is 0 Å². The minimum atomic E-state index is -4.44. The van der Waals surface area contributed by atoms with E-state index >= 15 is 0 Å². The summed E-state index contributed by atoms with van der Waals surface area (Å²) in [5.74, 6) is -0.297. The van der Waals surface area contributed by atoms with E-state index in [1.807, 2.05) is 0 Å². The van der Waals surface area contributed by atoms with Gasteiger partial charge in [0.1, 0.15) is 0 Å². The second-order valence-electron chi connectivity index (χ2n) is 5.85. The standard InChI is InChI=1S/C18H16F3NO2/c19-18(20,21)14-8-4-7-13(9-14)16-10-15(23)11-22(16)17(24)12-5-2-1-3-6-12/h1-9,15-16,23H,10-11H2. The van der Waals surface area contributed by atoms with Gasteiger partial charge in [0.15, 0.2) is 0 Å². The molecule has 2 aromatic carbocycles. The molecule has 3 nitrogen and oxygen atoms in total. The number of aliphatic hydroxyl groups is 1. The summed E-state index contributed by atoms with van der Waals surface area (Å²) in [4.78, 5) is 14.1. The average Bonchev–Trinajstić information content (AvgIpc) is 2.96. The smallest absolute Gasteiger partial charge is 0.391 e. The topological polar surface area (TPSA) is 40.5 Å². The fraction of sp³-hybridized carbons (Fsp3) is 0.278. The third kappa shape index (κ3) is 3.28. The second kappa shape index (κ2) is 6.28. The van der Waals surface area contributed by atoms with Crippen molar-refractivity contribution in [1.29, 1.82) is 0 Å². The van der Waals surface area contributed by atoms with Gasteiger partial charge >= 0.3 is 6.18 Å². The number of aliphatic hydroxyl groups excluding tert-OH is 1. The van der Waals surface area contributed by atoms with Gasteiger partial charge in [-0.3, -0.25) is 4.79 Å². The highest BCUT2D eigenvalue weighted by Gasteiger charge is 2.37. The Bertz CT molecular complexity index is 731. The van der Waals surface area contributed by atoms with E-state index in [-0.39, 0.29) is 18.9 Å². The van der Waals surface area contributed by atoms with Crippen molar-refractivity contribution in [3.05, 3.63) is 71.3 Å². The summed E-state index contributed by atoms with van der Waals surface area (Å²) in [7, 11) is 0. The number of hydrogen-bond acceptors (Lipinski definition) is 2. The lowest BCUT2D eigenvalue weighted by atomic mass is 10.0. The lowest BCUT2D eigenvalue weighted by Gasteiger charge is -2.25. The maximum absolute atomic E-state index is 12.9. The Morgan fingerprint density at radius 3 is 2.46 bits per heavy atom. The molecule has 24 heavy (non-hydrogen) atoms. The summed E-state index contributed by atoms with van der Waals surface area (Å²) >= 11 is 0. The van der Waals surface area contributed by atoms with Crippen LogP contribution in [-0.2, 0) is 6.18 Å². The van der Waals surface area contributed by atoms with Crippen LogP contribution >= 0.6 is 0 Å². The van der Waals surface area contributed by atoms with Crippen LogP contribution < -0.4 is 0 Å². The predicted molar refractivity (Wildman–Crippen MR) is 82.3 cm³/mol. The Hall–Kier alpha value is -2.34. The van der Waals surface area contributed by atoms with E-state index in [1.165, 1.54) is 11.0 Å². The number of carbonyl (C=O) groups is 1.